The number of aromatic amines is 1. The number of rotatable bonds is 14. The summed E-state index contributed by atoms with van der Waals surface area (Å²) >= 11 is 36.5. The number of benzene rings is 1. The molecule has 0 spiro atoms. The zero-order chi connectivity index (χ0) is 68.6. The van der Waals surface area contributed by atoms with Crippen LogP contribution in [0.2, 0.25) is 25.1 Å². The molecule has 12 aromatic heterocycles. The van der Waals surface area contributed by atoms with E-state index in [0.29, 0.717) is 119 Å². The van der Waals surface area contributed by atoms with E-state index in [0.717, 1.165) is 28.5 Å². The Balaban J connectivity index is 0.000000178. The molecule has 0 bridgehead atoms. The fourth-order valence-electron chi connectivity index (χ4n) is 9.08. The summed E-state index contributed by atoms with van der Waals surface area (Å²) in [5.74, 6) is -1.97. The number of H-pyrrole nitrogens is 1. The van der Waals surface area contributed by atoms with E-state index in [1.807, 2.05) is 20.8 Å². The number of fused-ring (bicyclic) bond motifs is 4. The van der Waals surface area contributed by atoms with E-state index in [1.54, 1.807) is 108 Å². The molecule has 0 unspecified atom stereocenters. The number of aromatic nitrogens is 20. The van der Waals surface area contributed by atoms with Gasteiger partial charge in [0, 0.05) is 66.0 Å². The Kier molecular flexibility index (Phi) is 27.3. The molecule has 36 heteroatoms. The van der Waals surface area contributed by atoms with E-state index in [9.17, 15) is 19.2 Å². The van der Waals surface area contributed by atoms with Crippen molar-refractivity contribution in [2.75, 3.05) is 18.5 Å². The number of aromatic carboxylic acids is 1. The number of carbonyl (C=O) groups excluding carboxylic acids is 3. The molecular formula is C62H54Cl6LiN21O8. The maximum atomic E-state index is 12.7. The van der Waals surface area contributed by atoms with E-state index in [2.05, 4.69) is 90.6 Å². The monoisotopic (exact) mass is 1440 g/mol. The summed E-state index contributed by atoms with van der Waals surface area (Å²) in [7, 11) is 0. The van der Waals surface area contributed by atoms with Crippen LogP contribution in [0, 0.1) is 27.7 Å². The summed E-state index contributed by atoms with van der Waals surface area (Å²) < 4.78 is 14.9. The molecule has 1 aromatic carbocycles. The number of nitrogens with one attached hydrogen (secondary N) is 2. The SMILES string of the molecule is CCOC(=O)c1cnc2c(c(C)nn2Cc2ccncn2)c1Cl.CCOC(=O)c1cnc2n[nH]c(C)c2c1Cl.Cc1nn(Cc2ccncn2)c2ncc(C(=O)Nc3ccc(Cl)cc3)c(Cl)c12.Cc1nn(Cc2ccncn2)c2ncc(C(=O)O)c(Cl)c12.ClCc1ccncn1.[Li+].[OH-]. The topological polar surface area (TPSA) is 386 Å². The first-order valence-electron chi connectivity index (χ1n) is 28.5. The number of carboxylic acids is 1. The number of pyridine rings is 4. The van der Waals surface area contributed by atoms with E-state index in [-0.39, 0.29) is 64.1 Å². The summed E-state index contributed by atoms with van der Waals surface area (Å²) in [4.78, 5) is 96.0. The zero-order valence-corrected chi connectivity index (χ0v) is 57.4. The number of anilines is 1. The molecule has 98 heavy (non-hydrogen) atoms. The van der Waals surface area contributed by atoms with Crippen molar-refractivity contribution in [2.24, 2.45) is 0 Å². The summed E-state index contributed by atoms with van der Waals surface area (Å²) in [5.41, 5.74) is 9.57. The average molecular weight is 1440 g/mol. The van der Waals surface area contributed by atoms with Gasteiger partial charge in [0.1, 0.15) is 25.3 Å². The predicted molar refractivity (Wildman–Crippen MR) is 361 cm³/mol. The Morgan fingerprint density at radius 2 is 0.867 bits per heavy atom. The van der Waals surface area contributed by atoms with Crippen molar-refractivity contribution >= 4 is 143 Å². The van der Waals surface area contributed by atoms with E-state index in [4.69, 9.17) is 84.2 Å². The molecule has 0 aliphatic rings. The minimum absolute atomic E-state index is 0. The molecule has 29 nitrogen and oxygen atoms in total. The number of alkyl halides is 1. The standard InChI is InChI=1S/C19H14Cl2N6O.C15H14ClN5O2.C13H10ClN5O2.C10H10ClN3O2.C5H5ClN2.Li.H2O/c1-11-16-17(21)15(19(28)25-13-4-2-12(20)3-5-13)8-23-18(16)27(26-11)9-14-6-7-22-10-24-14;1-3-23-15(22)11-6-18-14-12(13(11)16)9(2)20-21(14)7-10-4-5-17-8-19-10;1-7-10-11(14)9(13(20)21)4-16-12(10)19(18-7)5-8-2-3-15-6-17-8;1-3-16-10(15)6-4-12-9-7(8(6)11)5(2)13-14-9;6-3-5-1-2-7-4-8-5;;/h2-8,10H,9H2,1H3,(H,25,28);4-6,8H,3,7H2,1-2H3;2-4,6H,5H2,1H3,(H,20,21);4H,3H2,1-2H3,(H,12,13,14);1-2,4H,3H2;;1H2/q;;;;;+1;/p-1. The number of nitrogens with zero attached hydrogens (tertiary/aromatic N) is 19. The maximum Gasteiger partial charge on any atom is 1.00 e. The maximum absolute atomic E-state index is 12.7. The molecule has 13 aromatic rings. The predicted octanol–water partition coefficient (Wildman–Crippen LogP) is 8.61. The molecule has 498 valence electrons. The normalized spacial score (nSPS) is 10.5. The van der Waals surface area contributed by atoms with Gasteiger partial charge in [0.05, 0.1) is 142 Å². The first-order chi connectivity index (χ1) is 46.3. The van der Waals surface area contributed by atoms with Crippen LogP contribution in [0.25, 0.3) is 44.1 Å². The number of hydrogen-bond acceptors (Lipinski definition) is 23. The second-order valence-corrected chi connectivity index (χ2v) is 22.2. The first kappa shape index (κ1) is 75.6. The van der Waals surface area contributed by atoms with E-state index >= 15 is 0 Å². The number of halogens is 6. The van der Waals surface area contributed by atoms with Gasteiger partial charge < -0.3 is 25.4 Å². The molecule has 0 atom stereocenters. The summed E-state index contributed by atoms with van der Waals surface area (Å²) in [6, 6.07) is 14.0. The van der Waals surface area contributed by atoms with Gasteiger partial charge in [-0.15, -0.1) is 11.6 Å². The zero-order valence-electron chi connectivity index (χ0n) is 52.9. The first-order valence-corrected chi connectivity index (χ1v) is 31.0. The molecule has 13 rings (SSSR count). The number of ether oxygens (including phenoxy) is 2. The second-order valence-electron chi connectivity index (χ2n) is 20.0. The molecule has 0 saturated heterocycles. The van der Waals surface area contributed by atoms with Gasteiger partial charge in [0.25, 0.3) is 5.91 Å². The van der Waals surface area contributed by atoms with Gasteiger partial charge in [-0.1, -0.05) is 58.0 Å². The van der Waals surface area contributed by atoms with Crippen molar-refractivity contribution in [1.82, 2.24) is 99.3 Å². The van der Waals surface area contributed by atoms with E-state index < -0.39 is 17.9 Å². The van der Waals surface area contributed by atoms with Gasteiger partial charge >= 0.3 is 36.8 Å². The quantitative estimate of drug-likeness (QED) is 0.0520. The van der Waals surface area contributed by atoms with Gasteiger partial charge in [-0.3, -0.25) is 9.89 Å². The van der Waals surface area contributed by atoms with Gasteiger partial charge in [0.15, 0.2) is 22.6 Å². The summed E-state index contributed by atoms with van der Waals surface area (Å²) in [6.07, 6.45) is 18.0. The van der Waals surface area contributed by atoms with Crippen molar-refractivity contribution < 1.29 is 58.1 Å². The van der Waals surface area contributed by atoms with Gasteiger partial charge in [-0.2, -0.15) is 20.4 Å². The fourth-order valence-corrected chi connectivity index (χ4v) is 10.8. The smallest absolute Gasteiger partial charge is 0.870 e. The molecule has 4 N–H and O–H groups in total. The second kappa shape index (κ2) is 35.4. The third-order valence-electron chi connectivity index (χ3n) is 13.5. The van der Waals surface area contributed by atoms with Crippen LogP contribution < -0.4 is 24.2 Å². The van der Waals surface area contributed by atoms with Crippen molar-refractivity contribution in [3.8, 4) is 0 Å². The Labute approximate surface area is 598 Å². The molecule has 0 saturated carbocycles. The Hall–Kier alpha value is -9.80. The van der Waals surface area contributed by atoms with Crippen molar-refractivity contribution in [3.63, 3.8) is 0 Å². The Bertz CT molecular complexity index is 4910. The third kappa shape index (κ3) is 18.2. The summed E-state index contributed by atoms with van der Waals surface area (Å²) in [5, 5.41) is 36.1. The fraction of sp³-hybridized carbons (Fsp3) is 0.194. The number of carboxylic acid groups (broad SMARTS) is 1. The molecule has 1 amide bonds. The number of esters is 2. The minimum Gasteiger partial charge on any atom is -0.870 e. The molecule has 0 aliphatic carbocycles. The number of amides is 1. The molecule has 0 aliphatic heterocycles. The van der Waals surface area contributed by atoms with Gasteiger partial charge in [-0.25, -0.2) is 88.2 Å². The number of aryl methyl sites for hydroxylation is 4. The van der Waals surface area contributed by atoms with Gasteiger partial charge in [0.2, 0.25) is 0 Å². The van der Waals surface area contributed by atoms with Gasteiger partial charge in [-0.05, 0) is 90.1 Å². The third-order valence-corrected chi connectivity index (χ3v) is 15.6. The van der Waals surface area contributed by atoms with Crippen LogP contribution in [0.4, 0.5) is 5.69 Å². The largest absolute Gasteiger partial charge is 1.00 e. The number of hydrogen-bond donors (Lipinski definition) is 3. The average Bonchev–Trinajstić information content (AvgIpc) is 1.59. The molecule has 0 radical (unpaired) electrons. The van der Waals surface area contributed by atoms with Crippen LogP contribution in [0.1, 0.15) is 101 Å². The molecule has 12 heterocycles. The molecular weight excluding hydrogens is 1390 g/mol. The Morgan fingerprint density at radius 1 is 0.500 bits per heavy atom. The van der Waals surface area contributed by atoms with Crippen LogP contribution in [-0.4, -0.2) is 147 Å². The van der Waals surface area contributed by atoms with Crippen LogP contribution >= 0.6 is 69.6 Å². The van der Waals surface area contributed by atoms with Crippen molar-refractivity contribution in [3.05, 3.63) is 216 Å². The summed E-state index contributed by atoms with van der Waals surface area (Å²) in [6.45, 7) is 12.6. The number of carbonyl (C=O) groups is 4. The van der Waals surface area contributed by atoms with Crippen LogP contribution in [0.3, 0.4) is 0 Å². The van der Waals surface area contributed by atoms with Crippen LogP contribution in [-0.2, 0) is 35.0 Å². The van der Waals surface area contributed by atoms with E-state index in [1.165, 1.54) is 50.1 Å². The van der Waals surface area contributed by atoms with Crippen molar-refractivity contribution in [2.45, 2.75) is 67.1 Å². The van der Waals surface area contributed by atoms with Crippen molar-refractivity contribution in [1.29, 1.82) is 0 Å². The molecule has 0 fully saturated rings. The Morgan fingerprint density at radius 3 is 1.24 bits per heavy atom. The van der Waals surface area contributed by atoms with Crippen LogP contribution in [0.15, 0.2) is 123 Å². The minimum atomic E-state index is -1.11. The van der Waals surface area contributed by atoms with Crippen LogP contribution in [0.5, 0.6) is 0 Å².